The van der Waals surface area contributed by atoms with Crippen molar-refractivity contribution in [2.45, 2.75) is 18.9 Å². The van der Waals surface area contributed by atoms with Crippen LogP contribution in [0.15, 0.2) is 18.2 Å². The second-order valence-corrected chi connectivity index (χ2v) is 4.40. The van der Waals surface area contributed by atoms with Gasteiger partial charge >= 0.3 is 0 Å². The summed E-state index contributed by atoms with van der Waals surface area (Å²) in [5, 5.41) is 15.8. The second kappa shape index (κ2) is 5.73. The molecule has 1 aliphatic rings. The third kappa shape index (κ3) is 2.92. The van der Waals surface area contributed by atoms with Crippen LogP contribution in [0, 0.1) is 0 Å². The van der Waals surface area contributed by atoms with E-state index in [1.54, 1.807) is 12.1 Å². The van der Waals surface area contributed by atoms with Gasteiger partial charge in [0.2, 0.25) is 0 Å². The van der Waals surface area contributed by atoms with Crippen molar-refractivity contribution in [1.29, 1.82) is 0 Å². The number of nitrogens with one attached hydrogen (secondary N) is 2. The highest BCUT2D eigenvalue weighted by atomic mass is 16.5. The minimum Gasteiger partial charge on any atom is -0.504 e. The lowest BCUT2D eigenvalue weighted by atomic mass is 10.1. The number of carbonyl (C=O) groups is 1. The molecule has 1 aromatic rings. The summed E-state index contributed by atoms with van der Waals surface area (Å²) in [6.45, 7) is 1.81. The van der Waals surface area contributed by atoms with Gasteiger partial charge in [0.1, 0.15) is 0 Å². The Kier molecular flexibility index (Phi) is 4.04. The van der Waals surface area contributed by atoms with Crippen molar-refractivity contribution in [3.05, 3.63) is 23.8 Å². The van der Waals surface area contributed by atoms with Gasteiger partial charge in [0.25, 0.3) is 5.91 Å². The van der Waals surface area contributed by atoms with Gasteiger partial charge in [-0.2, -0.15) is 0 Å². The minimum absolute atomic E-state index is 0.0214. The Morgan fingerprint density at radius 3 is 3.00 bits per heavy atom. The molecule has 0 aromatic heterocycles. The Labute approximate surface area is 106 Å². The molecule has 1 atom stereocenters. The molecule has 0 radical (unpaired) electrons. The van der Waals surface area contributed by atoms with Crippen LogP contribution in [0.25, 0.3) is 0 Å². The van der Waals surface area contributed by atoms with Crippen molar-refractivity contribution in [3.8, 4) is 11.5 Å². The molecule has 5 nitrogen and oxygen atoms in total. The molecule has 1 saturated heterocycles. The van der Waals surface area contributed by atoms with Crippen LogP contribution in [0.4, 0.5) is 0 Å². The average Bonchev–Trinajstić information content (AvgIpc) is 2.39. The van der Waals surface area contributed by atoms with E-state index >= 15 is 0 Å². The van der Waals surface area contributed by atoms with E-state index in [9.17, 15) is 9.90 Å². The minimum atomic E-state index is -0.165. The number of phenols is 1. The summed E-state index contributed by atoms with van der Waals surface area (Å²) < 4.78 is 4.94. The monoisotopic (exact) mass is 250 g/mol. The third-order valence-corrected chi connectivity index (χ3v) is 3.07. The summed E-state index contributed by atoms with van der Waals surface area (Å²) in [5.74, 6) is 0.180. The number of phenolic OH excluding ortho intramolecular Hbond substituents is 1. The first-order valence-corrected chi connectivity index (χ1v) is 6.09. The topological polar surface area (TPSA) is 70.6 Å². The zero-order chi connectivity index (χ0) is 13.0. The van der Waals surface area contributed by atoms with Gasteiger partial charge in [0.15, 0.2) is 11.5 Å². The summed E-state index contributed by atoms with van der Waals surface area (Å²) in [6, 6.07) is 4.81. The molecule has 1 heterocycles. The highest BCUT2D eigenvalue weighted by molar-refractivity contribution is 5.95. The van der Waals surface area contributed by atoms with Gasteiger partial charge < -0.3 is 20.5 Å². The Bertz CT molecular complexity index is 428. The van der Waals surface area contributed by atoms with Crippen molar-refractivity contribution in [2.24, 2.45) is 0 Å². The highest BCUT2D eigenvalue weighted by Gasteiger charge is 2.17. The lowest BCUT2D eigenvalue weighted by Crippen LogP contribution is -2.45. The zero-order valence-corrected chi connectivity index (χ0v) is 10.4. The van der Waals surface area contributed by atoms with Crippen LogP contribution in [-0.4, -0.2) is 37.3 Å². The quantitative estimate of drug-likeness (QED) is 0.745. The maximum atomic E-state index is 12.0. The Balaban J connectivity index is 2.01. The van der Waals surface area contributed by atoms with Gasteiger partial charge in [-0.1, -0.05) is 0 Å². The van der Waals surface area contributed by atoms with E-state index in [1.165, 1.54) is 13.2 Å². The van der Waals surface area contributed by atoms with Crippen molar-refractivity contribution < 1.29 is 14.6 Å². The second-order valence-electron chi connectivity index (χ2n) is 4.40. The summed E-state index contributed by atoms with van der Waals surface area (Å²) in [4.78, 5) is 12.0. The normalized spacial score (nSPS) is 19.3. The number of hydrogen-bond acceptors (Lipinski definition) is 4. The van der Waals surface area contributed by atoms with E-state index in [0.717, 1.165) is 25.9 Å². The van der Waals surface area contributed by atoms with Crippen LogP contribution in [0.5, 0.6) is 11.5 Å². The molecule has 3 N–H and O–H groups in total. The Hall–Kier alpha value is -1.75. The number of methoxy groups -OCH3 is 1. The van der Waals surface area contributed by atoms with Gasteiger partial charge in [0, 0.05) is 18.2 Å². The first-order valence-electron chi connectivity index (χ1n) is 6.09. The van der Waals surface area contributed by atoms with Gasteiger partial charge in [-0.25, -0.2) is 0 Å². The van der Waals surface area contributed by atoms with Gasteiger partial charge in [0.05, 0.1) is 7.11 Å². The predicted molar refractivity (Wildman–Crippen MR) is 68.0 cm³/mol. The van der Waals surface area contributed by atoms with Gasteiger partial charge in [-0.3, -0.25) is 4.79 Å². The molecule has 0 saturated carbocycles. The van der Waals surface area contributed by atoms with Crippen LogP contribution in [0.3, 0.4) is 0 Å². The molecule has 0 aliphatic carbocycles. The first kappa shape index (κ1) is 12.7. The van der Waals surface area contributed by atoms with E-state index in [1.807, 2.05) is 0 Å². The maximum Gasteiger partial charge on any atom is 0.251 e. The molecular weight excluding hydrogens is 232 g/mol. The molecule has 2 rings (SSSR count). The van der Waals surface area contributed by atoms with Crippen LogP contribution >= 0.6 is 0 Å². The van der Waals surface area contributed by atoms with Gasteiger partial charge in [-0.15, -0.1) is 0 Å². The number of aromatic hydroxyl groups is 1. The van der Waals surface area contributed by atoms with E-state index in [4.69, 9.17) is 4.74 Å². The van der Waals surface area contributed by atoms with Crippen molar-refractivity contribution in [3.63, 3.8) is 0 Å². The highest BCUT2D eigenvalue weighted by Crippen LogP contribution is 2.26. The van der Waals surface area contributed by atoms with Crippen molar-refractivity contribution >= 4 is 5.91 Å². The summed E-state index contributed by atoms with van der Waals surface area (Å²) >= 11 is 0. The number of ether oxygens (including phenoxy) is 1. The summed E-state index contributed by atoms with van der Waals surface area (Å²) in [5.41, 5.74) is 0.443. The number of benzene rings is 1. The molecule has 1 amide bonds. The number of carbonyl (C=O) groups excluding carboxylic acids is 1. The number of rotatable bonds is 3. The molecule has 18 heavy (non-hydrogen) atoms. The van der Waals surface area contributed by atoms with E-state index in [-0.39, 0.29) is 17.7 Å². The van der Waals surface area contributed by atoms with Crippen LogP contribution in [0.1, 0.15) is 23.2 Å². The molecule has 1 unspecified atom stereocenters. The van der Waals surface area contributed by atoms with Gasteiger partial charge in [-0.05, 0) is 37.6 Å². The molecular formula is C13H18N2O3. The first-order chi connectivity index (χ1) is 8.70. The molecule has 98 valence electrons. The van der Waals surface area contributed by atoms with Crippen LogP contribution < -0.4 is 15.4 Å². The fraction of sp³-hybridized carbons (Fsp3) is 0.462. The summed E-state index contributed by atoms with van der Waals surface area (Å²) in [6.07, 6.45) is 2.06. The number of amides is 1. The lowest BCUT2D eigenvalue weighted by Gasteiger charge is -2.23. The predicted octanol–water partition coefficient (Wildman–Crippen LogP) is 0.883. The number of hydrogen-bond donors (Lipinski definition) is 3. The SMILES string of the molecule is COc1ccc(C(=O)NC2CCCNC2)cc1O. The third-order valence-electron chi connectivity index (χ3n) is 3.07. The van der Waals surface area contributed by atoms with E-state index in [2.05, 4.69) is 10.6 Å². The molecule has 1 aliphatic heterocycles. The Morgan fingerprint density at radius 2 is 2.39 bits per heavy atom. The van der Waals surface area contributed by atoms with Crippen molar-refractivity contribution in [1.82, 2.24) is 10.6 Å². The molecule has 1 fully saturated rings. The largest absolute Gasteiger partial charge is 0.504 e. The average molecular weight is 250 g/mol. The van der Waals surface area contributed by atoms with Crippen LogP contribution in [0.2, 0.25) is 0 Å². The van der Waals surface area contributed by atoms with Crippen molar-refractivity contribution in [2.75, 3.05) is 20.2 Å². The maximum absolute atomic E-state index is 12.0. The van der Waals surface area contributed by atoms with E-state index < -0.39 is 0 Å². The number of piperidine rings is 1. The van der Waals surface area contributed by atoms with E-state index in [0.29, 0.717) is 11.3 Å². The zero-order valence-electron chi connectivity index (χ0n) is 10.4. The molecule has 0 bridgehead atoms. The fourth-order valence-corrected chi connectivity index (χ4v) is 2.07. The smallest absolute Gasteiger partial charge is 0.251 e. The molecule has 0 spiro atoms. The molecule has 5 heteroatoms. The fourth-order valence-electron chi connectivity index (χ4n) is 2.07. The summed E-state index contributed by atoms with van der Waals surface area (Å²) in [7, 11) is 1.47. The standard InChI is InChI=1S/C13H18N2O3/c1-18-12-5-4-9(7-11(12)16)13(17)15-10-3-2-6-14-8-10/h4-5,7,10,14,16H,2-3,6,8H2,1H3,(H,15,17). The van der Waals surface area contributed by atoms with Crippen LogP contribution in [-0.2, 0) is 0 Å². The Morgan fingerprint density at radius 1 is 1.56 bits per heavy atom. The lowest BCUT2D eigenvalue weighted by molar-refractivity contribution is 0.0930. The molecule has 1 aromatic carbocycles.